The average molecular weight is 230 g/mol. The number of fused-ring (bicyclic) bond motifs is 1. The Morgan fingerprint density at radius 2 is 2.06 bits per heavy atom. The molecular weight excluding hydrogens is 212 g/mol. The van der Waals surface area contributed by atoms with E-state index in [0.29, 0.717) is 11.4 Å². The topological polar surface area (TPSA) is 38.1 Å². The standard InChI is InChI=1S/C14H18N2O/c1-14(8-4-5-9-14)10-15-13-16-11-6-2-3-7-12(11)17-13/h2-3,6-7H,4-5,8-10H2,1H3,(H,15,16). The molecule has 2 aromatic rings. The minimum Gasteiger partial charge on any atom is -0.424 e. The zero-order valence-electron chi connectivity index (χ0n) is 10.2. The zero-order valence-corrected chi connectivity index (χ0v) is 10.2. The Balaban J connectivity index is 1.72. The first-order valence-corrected chi connectivity index (χ1v) is 6.35. The molecule has 90 valence electrons. The van der Waals surface area contributed by atoms with E-state index >= 15 is 0 Å². The quantitative estimate of drug-likeness (QED) is 0.871. The van der Waals surface area contributed by atoms with Crippen LogP contribution in [0.25, 0.3) is 11.1 Å². The van der Waals surface area contributed by atoms with E-state index in [4.69, 9.17) is 4.42 Å². The molecule has 1 fully saturated rings. The number of hydrogen-bond donors (Lipinski definition) is 1. The van der Waals surface area contributed by atoms with Crippen LogP contribution in [0.3, 0.4) is 0 Å². The second-order valence-electron chi connectivity index (χ2n) is 5.36. The van der Waals surface area contributed by atoms with Crippen LogP contribution in [-0.2, 0) is 0 Å². The first-order valence-electron chi connectivity index (χ1n) is 6.35. The highest BCUT2D eigenvalue weighted by atomic mass is 16.4. The second-order valence-corrected chi connectivity index (χ2v) is 5.36. The number of para-hydroxylation sites is 2. The van der Waals surface area contributed by atoms with Crippen molar-refractivity contribution in [2.75, 3.05) is 11.9 Å². The molecule has 3 heteroatoms. The number of rotatable bonds is 3. The summed E-state index contributed by atoms with van der Waals surface area (Å²) in [5.74, 6) is 0. The summed E-state index contributed by atoms with van der Waals surface area (Å²) in [5, 5.41) is 3.34. The van der Waals surface area contributed by atoms with Crippen molar-refractivity contribution < 1.29 is 4.42 Å². The highest BCUT2D eigenvalue weighted by Gasteiger charge is 2.28. The fourth-order valence-corrected chi connectivity index (χ4v) is 2.64. The van der Waals surface area contributed by atoms with Gasteiger partial charge in [0.2, 0.25) is 0 Å². The van der Waals surface area contributed by atoms with Crippen molar-refractivity contribution in [1.82, 2.24) is 4.98 Å². The van der Waals surface area contributed by atoms with Crippen molar-refractivity contribution >= 4 is 17.1 Å². The molecule has 0 amide bonds. The molecule has 1 N–H and O–H groups in total. The van der Waals surface area contributed by atoms with Gasteiger partial charge in [-0.15, -0.1) is 0 Å². The van der Waals surface area contributed by atoms with E-state index in [1.54, 1.807) is 0 Å². The summed E-state index contributed by atoms with van der Waals surface area (Å²) < 4.78 is 5.65. The van der Waals surface area contributed by atoms with Crippen LogP contribution in [0.4, 0.5) is 6.01 Å². The molecule has 0 radical (unpaired) electrons. The molecule has 1 heterocycles. The summed E-state index contributed by atoms with van der Waals surface area (Å²) in [5.41, 5.74) is 2.19. The van der Waals surface area contributed by atoms with Crippen LogP contribution in [-0.4, -0.2) is 11.5 Å². The summed E-state index contributed by atoms with van der Waals surface area (Å²) in [4.78, 5) is 4.43. The Bertz CT molecular complexity index is 479. The predicted molar refractivity (Wildman–Crippen MR) is 69.1 cm³/mol. The summed E-state index contributed by atoms with van der Waals surface area (Å²) in [6.07, 6.45) is 5.32. The van der Waals surface area contributed by atoms with Gasteiger partial charge < -0.3 is 9.73 Å². The number of anilines is 1. The Morgan fingerprint density at radius 3 is 2.82 bits per heavy atom. The van der Waals surface area contributed by atoms with Crippen molar-refractivity contribution in [3.63, 3.8) is 0 Å². The number of oxazole rings is 1. The molecule has 1 aliphatic carbocycles. The van der Waals surface area contributed by atoms with Crippen molar-refractivity contribution in [1.29, 1.82) is 0 Å². The number of nitrogens with zero attached hydrogens (tertiary/aromatic N) is 1. The lowest BCUT2D eigenvalue weighted by Crippen LogP contribution is -2.22. The molecule has 0 aliphatic heterocycles. The van der Waals surface area contributed by atoms with Gasteiger partial charge in [0.05, 0.1) is 0 Å². The highest BCUT2D eigenvalue weighted by molar-refractivity contribution is 5.74. The molecule has 3 rings (SSSR count). The fourth-order valence-electron chi connectivity index (χ4n) is 2.64. The van der Waals surface area contributed by atoms with Crippen LogP contribution < -0.4 is 5.32 Å². The first-order chi connectivity index (χ1) is 8.25. The van der Waals surface area contributed by atoms with Crippen LogP contribution in [0.1, 0.15) is 32.6 Å². The third-order valence-corrected chi connectivity index (χ3v) is 3.77. The van der Waals surface area contributed by atoms with E-state index in [1.165, 1.54) is 25.7 Å². The van der Waals surface area contributed by atoms with Gasteiger partial charge >= 0.3 is 0 Å². The molecule has 1 saturated carbocycles. The lowest BCUT2D eigenvalue weighted by molar-refractivity contribution is 0.358. The smallest absolute Gasteiger partial charge is 0.295 e. The van der Waals surface area contributed by atoms with Crippen LogP contribution in [0.2, 0.25) is 0 Å². The lowest BCUT2D eigenvalue weighted by atomic mass is 9.89. The van der Waals surface area contributed by atoms with E-state index in [-0.39, 0.29) is 0 Å². The molecule has 1 aromatic carbocycles. The van der Waals surface area contributed by atoms with E-state index in [9.17, 15) is 0 Å². The van der Waals surface area contributed by atoms with Crippen molar-refractivity contribution in [2.24, 2.45) is 5.41 Å². The third kappa shape index (κ3) is 2.14. The maximum absolute atomic E-state index is 5.65. The minimum atomic E-state index is 0.417. The van der Waals surface area contributed by atoms with Crippen molar-refractivity contribution in [3.05, 3.63) is 24.3 Å². The Labute approximate surface area is 101 Å². The van der Waals surface area contributed by atoms with Gasteiger partial charge in [-0.1, -0.05) is 31.9 Å². The Morgan fingerprint density at radius 1 is 1.29 bits per heavy atom. The second kappa shape index (κ2) is 4.06. The van der Waals surface area contributed by atoms with Crippen LogP contribution in [0, 0.1) is 5.41 Å². The maximum atomic E-state index is 5.65. The minimum absolute atomic E-state index is 0.417. The summed E-state index contributed by atoms with van der Waals surface area (Å²) >= 11 is 0. The normalized spacial score (nSPS) is 18.6. The van der Waals surface area contributed by atoms with Crippen LogP contribution in [0.5, 0.6) is 0 Å². The predicted octanol–water partition coefficient (Wildman–Crippen LogP) is 3.82. The van der Waals surface area contributed by atoms with E-state index in [1.807, 2.05) is 24.3 Å². The maximum Gasteiger partial charge on any atom is 0.295 e. The van der Waals surface area contributed by atoms with Gasteiger partial charge in [-0.05, 0) is 30.4 Å². The molecule has 3 nitrogen and oxygen atoms in total. The van der Waals surface area contributed by atoms with E-state index in [2.05, 4.69) is 17.2 Å². The van der Waals surface area contributed by atoms with Crippen molar-refractivity contribution in [3.8, 4) is 0 Å². The van der Waals surface area contributed by atoms with E-state index < -0.39 is 0 Å². The number of nitrogens with one attached hydrogen (secondary N) is 1. The monoisotopic (exact) mass is 230 g/mol. The lowest BCUT2D eigenvalue weighted by Gasteiger charge is -2.22. The Kier molecular flexibility index (Phi) is 2.54. The Hall–Kier alpha value is -1.51. The largest absolute Gasteiger partial charge is 0.424 e. The molecule has 1 aromatic heterocycles. The van der Waals surface area contributed by atoms with E-state index in [0.717, 1.165) is 17.6 Å². The molecule has 0 spiro atoms. The summed E-state index contributed by atoms with van der Waals surface area (Å²) in [7, 11) is 0. The van der Waals surface area contributed by atoms with Crippen LogP contribution >= 0.6 is 0 Å². The SMILES string of the molecule is CC1(CNc2nc3ccccc3o2)CCCC1. The van der Waals surface area contributed by atoms with Gasteiger partial charge in [0, 0.05) is 6.54 Å². The van der Waals surface area contributed by atoms with Gasteiger partial charge in [0.1, 0.15) is 5.52 Å². The average Bonchev–Trinajstić information content (AvgIpc) is 2.93. The van der Waals surface area contributed by atoms with Gasteiger partial charge in [-0.3, -0.25) is 0 Å². The summed E-state index contributed by atoms with van der Waals surface area (Å²) in [6.45, 7) is 3.30. The van der Waals surface area contributed by atoms with Crippen molar-refractivity contribution in [2.45, 2.75) is 32.6 Å². The summed E-state index contributed by atoms with van der Waals surface area (Å²) in [6, 6.07) is 8.52. The highest BCUT2D eigenvalue weighted by Crippen LogP contribution is 2.37. The van der Waals surface area contributed by atoms with Gasteiger partial charge in [-0.2, -0.15) is 4.98 Å². The molecule has 0 bridgehead atoms. The third-order valence-electron chi connectivity index (χ3n) is 3.77. The van der Waals surface area contributed by atoms with Gasteiger partial charge in [0.25, 0.3) is 6.01 Å². The number of aromatic nitrogens is 1. The molecule has 0 saturated heterocycles. The molecular formula is C14H18N2O. The van der Waals surface area contributed by atoms with Gasteiger partial charge in [-0.25, -0.2) is 0 Å². The molecule has 17 heavy (non-hydrogen) atoms. The first kappa shape index (κ1) is 10.6. The van der Waals surface area contributed by atoms with Gasteiger partial charge in [0.15, 0.2) is 5.58 Å². The molecule has 1 aliphatic rings. The fraction of sp³-hybridized carbons (Fsp3) is 0.500. The van der Waals surface area contributed by atoms with Crippen LogP contribution in [0.15, 0.2) is 28.7 Å². The number of benzene rings is 1. The molecule has 0 unspecified atom stereocenters. The number of hydrogen-bond acceptors (Lipinski definition) is 3. The molecule has 0 atom stereocenters. The zero-order chi connectivity index (χ0) is 11.7.